The number of fused-ring (bicyclic) bond motifs is 1. The number of nitrogens with zero attached hydrogens (tertiary/aromatic N) is 2. The molecule has 0 aliphatic heterocycles. The molecule has 0 unspecified atom stereocenters. The van der Waals surface area contributed by atoms with Crippen LogP contribution in [0.15, 0.2) is 24.3 Å². The Labute approximate surface area is 103 Å². The number of hydrogen-bond acceptors (Lipinski definition) is 2. The molecule has 2 aromatic rings. The quantitative estimate of drug-likeness (QED) is 0.721. The second-order valence-corrected chi connectivity index (χ2v) is 4.55. The first-order valence-electron chi connectivity index (χ1n) is 6.53. The van der Waals surface area contributed by atoms with Crippen LogP contribution in [0.4, 0.5) is 0 Å². The van der Waals surface area contributed by atoms with E-state index >= 15 is 0 Å². The Hall–Kier alpha value is -1.44. The number of aromatic nitrogens is 2. The number of benzene rings is 1. The Balaban J connectivity index is 2.13. The molecule has 0 fully saturated rings. The van der Waals surface area contributed by atoms with E-state index in [0.29, 0.717) is 0 Å². The molecule has 0 radical (unpaired) electrons. The summed E-state index contributed by atoms with van der Waals surface area (Å²) in [6.45, 7) is 4.30. The van der Waals surface area contributed by atoms with Gasteiger partial charge in [-0.25, -0.2) is 9.97 Å². The van der Waals surface area contributed by atoms with Crippen molar-refractivity contribution in [3.63, 3.8) is 0 Å². The van der Waals surface area contributed by atoms with Gasteiger partial charge in [-0.3, -0.25) is 0 Å². The van der Waals surface area contributed by atoms with Gasteiger partial charge in [0.05, 0.1) is 5.52 Å². The average Bonchev–Trinajstić information content (AvgIpc) is 2.35. The monoisotopic (exact) mass is 228 g/mol. The number of aryl methyl sites for hydroxylation is 2. The predicted octanol–water partition coefficient (Wildman–Crippen LogP) is 4.06. The predicted molar refractivity (Wildman–Crippen MR) is 72.1 cm³/mol. The number of para-hydroxylation sites is 1. The normalized spacial score (nSPS) is 10.9. The maximum absolute atomic E-state index is 4.62. The van der Waals surface area contributed by atoms with Crippen LogP contribution in [-0.2, 0) is 6.42 Å². The molecule has 1 aromatic carbocycles. The molecule has 90 valence electrons. The molecular formula is C15H20N2. The van der Waals surface area contributed by atoms with E-state index in [2.05, 4.69) is 35.9 Å². The molecule has 0 saturated carbocycles. The molecule has 0 atom stereocenters. The van der Waals surface area contributed by atoms with E-state index in [4.69, 9.17) is 0 Å². The first-order chi connectivity index (χ1) is 8.31. The molecule has 2 nitrogen and oxygen atoms in total. The van der Waals surface area contributed by atoms with Crippen LogP contribution in [-0.4, -0.2) is 9.97 Å². The first-order valence-corrected chi connectivity index (χ1v) is 6.53. The van der Waals surface area contributed by atoms with E-state index in [1.807, 2.05) is 12.1 Å². The van der Waals surface area contributed by atoms with E-state index in [1.165, 1.54) is 31.1 Å². The van der Waals surface area contributed by atoms with Crippen LogP contribution in [0.5, 0.6) is 0 Å². The molecule has 0 amide bonds. The number of rotatable bonds is 5. The fraction of sp³-hybridized carbons (Fsp3) is 0.467. The fourth-order valence-electron chi connectivity index (χ4n) is 2.12. The second kappa shape index (κ2) is 5.76. The highest BCUT2D eigenvalue weighted by atomic mass is 14.9. The van der Waals surface area contributed by atoms with Crippen molar-refractivity contribution in [2.45, 2.75) is 46.0 Å². The average molecular weight is 228 g/mol. The molecule has 1 heterocycles. The maximum Gasteiger partial charge on any atom is 0.129 e. The third-order valence-corrected chi connectivity index (χ3v) is 3.09. The van der Waals surface area contributed by atoms with Gasteiger partial charge >= 0.3 is 0 Å². The molecule has 0 aliphatic rings. The van der Waals surface area contributed by atoms with Gasteiger partial charge in [0.25, 0.3) is 0 Å². The van der Waals surface area contributed by atoms with Gasteiger partial charge in [0, 0.05) is 17.5 Å². The Morgan fingerprint density at radius 2 is 1.82 bits per heavy atom. The molecule has 0 saturated heterocycles. The molecule has 2 rings (SSSR count). The SMILES string of the molecule is CCCCCCc1nc(C)c2ccccc2n1. The maximum atomic E-state index is 4.62. The van der Waals surface area contributed by atoms with Crippen molar-refractivity contribution >= 4 is 10.9 Å². The van der Waals surface area contributed by atoms with Crippen molar-refractivity contribution in [1.82, 2.24) is 9.97 Å². The Morgan fingerprint density at radius 3 is 2.65 bits per heavy atom. The van der Waals surface area contributed by atoms with E-state index in [1.54, 1.807) is 0 Å². The molecule has 0 bridgehead atoms. The van der Waals surface area contributed by atoms with E-state index in [0.717, 1.165) is 23.5 Å². The van der Waals surface area contributed by atoms with Crippen molar-refractivity contribution in [3.05, 3.63) is 35.8 Å². The molecule has 0 spiro atoms. The van der Waals surface area contributed by atoms with Crippen molar-refractivity contribution in [2.24, 2.45) is 0 Å². The number of unbranched alkanes of at least 4 members (excludes halogenated alkanes) is 3. The summed E-state index contributed by atoms with van der Waals surface area (Å²) in [6, 6.07) is 8.24. The summed E-state index contributed by atoms with van der Waals surface area (Å²) < 4.78 is 0. The summed E-state index contributed by atoms with van der Waals surface area (Å²) in [7, 11) is 0. The lowest BCUT2D eigenvalue weighted by Crippen LogP contribution is -1.98. The van der Waals surface area contributed by atoms with E-state index < -0.39 is 0 Å². The Morgan fingerprint density at radius 1 is 1.00 bits per heavy atom. The third kappa shape index (κ3) is 3.02. The third-order valence-electron chi connectivity index (χ3n) is 3.09. The standard InChI is InChI=1S/C15H20N2/c1-3-4-5-6-11-15-16-12(2)13-9-7-8-10-14(13)17-15/h7-10H,3-6,11H2,1-2H3. The smallest absolute Gasteiger partial charge is 0.129 e. The van der Waals surface area contributed by atoms with Gasteiger partial charge in [0.2, 0.25) is 0 Å². The lowest BCUT2D eigenvalue weighted by atomic mass is 10.1. The highest BCUT2D eigenvalue weighted by Crippen LogP contribution is 2.15. The zero-order valence-corrected chi connectivity index (χ0v) is 10.7. The van der Waals surface area contributed by atoms with Gasteiger partial charge in [0.1, 0.15) is 5.82 Å². The first kappa shape index (κ1) is 12.0. The molecule has 0 N–H and O–H groups in total. The summed E-state index contributed by atoms with van der Waals surface area (Å²) >= 11 is 0. The van der Waals surface area contributed by atoms with Crippen molar-refractivity contribution < 1.29 is 0 Å². The van der Waals surface area contributed by atoms with Crippen LogP contribution >= 0.6 is 0 Å². The van der Waals surface area contributed by atoms with E-state index in [-0.39, 0.29) is 0 Å². The second-order valence-electron chi connectivity index (χ2n) is 4.55. The van der Waals surface area contributed by atoms with Crippen molar-refractivity contribution in [1.29, 1.82) is 0 Å². The lowest BCUT2D eigenvalue weighted by molar-refractivity contribution is 0.652. The number of hydrogen-bond donors (Lipinski definition) is 0. The minimum absolute atomic E-state index is 0.998. The zero-order chi connectivity index (χ0) is 12.1. The summed E-state index contributed by atoms with van der Waals surface area (Å²) in [5, 5.41) is 1.17. The summed E-state index contributed by atoms with van der Waals surface area (Å²) in [6.07, 6.45) is 6.08. The van der Waals surface area contributed by atoms with Gasteiger partial charge in [-0.05, 0) is 19.4 Å². The highest BCUT2D eigenvalue weighted by molar-refractivity contribution is 5.80. The minimum atomic E-state index is 0.998. The van der Waals surface area contributed by atoms with Crippen LogP contribution < -0.4 is 0 Å². The zero-order valence-electron chi connectivity index (χ0n) is 10.7. The van der Waals surface area contributed by atoms with Gasteiger partial charge < -0.3 is 0 Å². The Kier molecular flexibility index (Phi) is 4.08. The highest BCUT2D eigenvalue weighted by Gasteiger charge is 2.03. The molecule has 17 heavy (non-hydrogen) atoms. The van der Waals surface area contributed by atoms with Crippen LogP contribution in [0.1, 0.15) is 44.1 Å². The minimum Gasteiger partial charge on any atom is -0.238 e. The van der Waals surface area contributed by atoms with Gasteiger partial charge in [-0.2, -0.15) is 0 Å². The summed E-state index contributed by atoms with van der Waals surface area (Å²) in [5.41, 5.74) is 2.17. The molecular weight excluding hydrogens is 208 g/mol. The van der Waals surface area contributed by atoms with E-state index in [9.17, 15) is 0 Å². The molecule has 2 heteroatoms. The van der Waals surface area contributed by atoms with Crippen molar-refractivity contribution in [3.8, 4) is 0 Å². The summed E-state index contributed by atoms with van der Waals surface area (Å²) in [5.74, 6) is 0.998. The van der Waals surface area contributed by atoms with Gasteiger partial charge in [-0.15, -0.1) is 0 Å². The lowest BCUT2D eigenvalue weighted by Gasteiger charge is -2.05. The van der Waals surface area contributed by atoms with Crippen molar-refractivity contribution in [2.75, 3.05) is 0 Å². The van der Waals surface area contributed by atoms with Gasteiger partial charge in [-0.1, -0.05) is 44.4 Å². The Bertz CT molecular complexity index is 491. The fourth-order valence-corrected chi connectivity index (χ4v) is 2.12. The molecule has 1 aromatic heterocycles. The van der Waals surface area contributed by atoms with Gasteiger partial charge in [0.15, 0.2) is 0 Å². The van der Waals surface area contributed by atoms with Crippen LogP contribution in [0, 0.1) is 6.92 Å². The van der Waals surface area contributed by atoms with Crippen LogP contribution in [0.2, 0.25) is 0 Å². The molecule has 0 aliphatic carbocycles. The summed E-state index contributed by atoms with van der Waals surface area (Å²) in [4.78, 5) is 9.21. The largest absolute Gasteiger partial charge is 0.238 e. The van der Waals surface area contributed by atoms with Crippen LogP contribution in [0.3, 0.4) is 0 Å². The van der Waals surface area contributed by atoms with Crippen LogP contribution in [0.25, 0.3) is 10.9 Å². The topological polar surface area (TPSA) is 25.8 Å².